The van der Waals surface area contributed by atoms with Crippen molar-refractivity contribution in [3.05, 3.63) is 107 Å². The predicted molar refractivity (Wildman–Crippen MR) is 129 cm³/mol. The van der Waals surface area contributed by atoms with E-state index in [1.807, 2.05) is 48.5 Å². The average Bonchev–Trinajstić information content (AvgIpc) is 3.33. The first-order chi connectivity index (χ1) is 16.7. The van der Waals surface area contributed by atoms with Crippen LogP contribution in [0.15, 0.2) is 90.3 Å². The number of carbonyl (C=O) groups excluding carboxylic acids is 2. The molecule has 2 amide bonds. The molecular weight excluding hydrogens is 428 g/mol. The van der Waals surface area contributed by atoms with Gasteiger partial charge in [-0.3, -0.25) is 4.90 Å². The molecule has 34 heavy (non-hydrogen) atoms. The van der Waals surface area contributed by atoms with Gasteiger partial charge in [0.1, 0.15) is 0 Å². The highest BCUT2D eigenvalue weighted by molar-refractivity contribution is 5.95. The normalized spacial score (nSPS) is 20.3. The number of fused-ring (bicyclic) bond motifs is 1. The number of amides is 2. The van der Waals surface area contributed by atoms with E-state index in [2.05, 4.69) is 50.6 Å². The maximum atomic E-state index is 13.2. The molecular formula is C27H28N4O3. The van der Waals surface area contributed by atoms with Crippen molar-refractivity contribution in [2.24, 2.45) is 0 Å². The predicted octanol–water partition coefficient (Wildman–Crippen LogP) is 3.76. The maximum Gasteiger partial charge on any atom is 0.338 e. The number of rotatable bonds is 6. The highest BCUT2D eigenvalue weighted by Gasteiger charge is 2.36. The van der Waals surface area contributed by atoms with Crippen molar-refractivity contribution >= 4 is 12.0 Å². The van der Waals surface area contributed by atoms with E-state index in [9.17, 15) is 9.59 Å². The van der Waals surface area contributed by atoms with E-state index < -0.39 is 12.0 Å². The molecule has 0 aliphatic carbocycles. The van der Waals surface area contributed by atoms with E-state index in [1.54, 1.807) is 6.92 Å². The van der Waals surface area contributed by atoms with E-state index >= 15 is 0 Å². The zero-order valence-corrected chi connectivity index (χ0v) is 19.1. The minimum absolute atomic E-state index is 0.00265. The van der Waals surface area contributed by atoms with Crippen molar-refractivity contribution in [3.63, 3.8) is 0 Å². The van der Waals surface area contributed by atoms with Crippen LogP contribution in [0.25, 0.3) is 0 Å². The molecule has 7 nitrogen and oxygen atoms in total. The Balaban J connectivity index is 1.57. The van der Waals surface area contributed by atoms with Crippen LogP contribution in [0.5, 0.6) is 0 Å². The average molecular weight is 457 g/mol. The van der Waals surface area contributed by atoms with Crippen molar-refractivity contribution in [1.82, 2.24) is 20.1 Å². The monoisotopic (exact) mass is 456 g/mol. The number of nitrogens with one attached hydrogen (secondary N) is 2. The van der Waals surface area contributed by atoms with Gasteiger partial charge in [0.15, 0.2) is 0 Å². The fraction of sp³-hybridized carbons (Fsp3) is 0.259. The third-order valence-corrected chi connectivity index (χ3v) is 6.40. The highest BCUT2D eigenvalue weighted by Crippen LogP contribution is 2.34. The molecule has 0 fully saturated rings. The third kappa shape index (κ3) is 4.22. The Bertz CT molecular complexity index is 1200. The Morgan fingerprint density at radius 3 is 2.38 bits per heavy atom. The van der Waals surface area contributed by atoms with Crippen molar-refractivity contribution in [2.75, 3.05) is 19.7 Å². The van der Waals surface area contributed by atoms with E-state index in [0.717, 1.165) is 18.7 Å². The summed E-state index contributed by atoms with van der Waals surface area (Å²) in [4.78, 5) is 28.2. The lowest BCUT2D eigenvalue weighted by Gasteiger charge is -2.39. The van der Waals surface area contributed by atoms with Crippen LogP contribution in [-0.2, 0) is 16.1 Å². The van der Waals surface area contributed by atoms with Crippen molar-refractivity contribution < 1.29 is 14.3 Å². The van der Waals surface area contributed by atoms with E-state index in [0.29, 0.717) is 17.8 Å². The topological polar surface area (TPSA) is 75.6 Å². The summed E-state index contributed by atoms with van der Waals surface area (Å²) in [7, 11) is 0. The molecule has 2 aromatic carbocycles. The minimum Gasteiger partial charge on any atom is -0.463 e. The minimum atomic E-state index is -0.576. The molecule has 2 atom stereocenters. The van der Waals surface area contributed by atoms with Gasteiger partial charge in [-0.25, -0.2) is 9.59 Å². The standard InChI is InChI=1S/C27H28N4O3/c1-2-34-26(32)23-21(28-27(33)29-24(23)19-10-5-3-6-11-19)18-31-17-16-30-15-9-14-22(30)25(31)20-12-7-4-8-13-20/h3-15,24-25H,2,16-18H2,1H3,(H2,28,29,33). The van der Waals surface area contributed by atoms with Crippen LogP contribution >= 0.6 is 0 Å². The lowest BCUT2D eigenvalue weighted by molar-refractivity contribution is -0.139. The van der Waals surface area contributed by atoms with Gasteiger partial charge in [-0.1, -0.05) is 60.7 Å². The quantitative estimate of drug-likeness (QED) is 0.554. The van der Waals surface area contributed by atoms with Gasteiger partial charge in [0.05, 0.1) is 24.3 Å². The van der Waals surface area contributed by atoms with Gasteiger partial charge in [-0.05, 0) is 30.2 Å². The van der Waals surface area contributed by atoms with Crippen LogP contribution in [0.3, 0.4) is 0 Å². The molecule has 0 radical (unpaired) electrons. The summed E-state index contributed by atoms with van der Waals surface area (Å²) in [5, 5.41) is 5.84. The van der Waals surface area contributed by atoms with Gasteiger partial charge >= 0.3 is 12.0 Å². The first kappa shape index (κ1) is 22.0. The summed E-state index contributed by atoms with van der Waals surface area (Å²) in [6, 6.07) is 23.2. The molecule has 2 aliphatic rings. The molecule has 3 heterocycles. The van der Waals surface area contributed by atoms with Gasteiger partial charge in [0.2, 0.25) is 0 Å². The molecule has 3 aromatic rings. The first-order valence-electron chi connectivity index (χ1n) is 11.6. The van der Waals surface area contributed by atoms with Crippen molar-refractivity contribution in [3.8, 4) is 0 Å². The van der Waals surface area contributed by atoms with Gasteiger partial charge in [0.25, 0.3) is 0 Å². The SMILES string of the molecule is CCOC(=O)C1=C(CN2CCn3cccc3C2c2ccccc2)NC(=O)NC1c1ccccc1. The lowest BCUT2D eigenvalue weighted by atomic mass is 9.94. The Morgan fingerprint density at radius 1 is 0.971 bits per heavy atom. The fourth-order valence-electron chi connectivity index (χ4n) is 4.91. The van der Waals surface area contributed by atoms with Gasteiger partial charge in [0, 0.05) is 37.2 Å². The van der Waals surface area contributed by atoms with E-state index in [-0.39, 0.29) is 18.7 Å². The molecule has 7 heteroatoms. The second kappa shape index (κ2) is 9.57. The summed E-state index contributed by atoms with van der Waals surface area (Å²) in [5.74, 6) is -0.421. The number of esters is 1. The number of hydrogen-bond acceptors (Lipinski definition) is 4. The molecule has 1 aromatic heterocycles. The van der Waals surface area contributed by atoms with Crippen LogP contribution in [0.4, 0.5) is 4.79 Å². The zero-order chi connectivity index (χ0) is 23.5. The molecule has 5 rings (SSSR count). The molecule has 0 bridgehead atoms. The van der Waals surface area contributed by atoms with Crippen LogP contribution in [0.1, 0.15) is 35.8 Å². The van der Waals surface area contributed by atoms with Crippen LogP contribution in [0, 0.1) is 0 Å². The summed E-state index contributed by atoms with van der Waals surface area (Å²) in [6.07, 6.45) is 2.10. The first-order valence-corrected chi connectivity index (χ1v) is 11.6. The number of benzene rings is 2. The number of hydrogen-bond donors (Lipinski definition) is 2. The van der Waals surface area contributed by atoms with Gasteiger partial charge in [-0.15, -0.1) is 0 Å². The second-order valence-electron chi connectivity index (χ2n) is 8.47. The van der Waals surface area contributed by atoms with E-state index in [1.165, 1.54) is 11.3 Å². The molecule has 2 aliphatic heterocycles. The second-order valence-corrected chi connectivity index (χ2v) is 8.47. The molecule has 0 spiro atoms. The number of aromatic nitrogens is 1. The zero-order valence-electron chi connectivity index (χ0n) is 19.1. The van der Waals surface area contributed by atoms with Crippen molar-refractivity contribution in [2.45, 2.75) is 25.6 Å². The van der Waals surface area contributed by atoms with Gasteiger partial charge < -0.3 is 19.9 Å². The Morgan fingerprint density at radius 2 is 1.68 bits per heavy atom. The molecule has 174 valence electrons. The smallest absolute Gasteiger partial charge is 0.338 e. The molecule has 2 N–H and O–H groups in total. The summed E-state index contributed by atoms with van der Waals surface area (Å²) in [6.45, 7) is 4.07. The fourth-order valence-corrected chi connectivity index (χ4v) is 4.91. The Kier molecular flexibility index (Phi) is 6.18. The van der Waals surface area contributed by atoms with Crippen LogP contribution in [0.2, 0.25) is 0 Å². The Labute approximate surface area is 199 Å². The highest BCUT2D eigenvalue weighted by atomic mass is 16.5. The van der Waals surface area contributed by atoms with Gasteiger partial charge in [-0.2, -0.15) is 0 Å². The van der Waals surface area contributed by atoms with Crippen molar-refractivity contribution in [1.29, 1.82) is 0 Å². The lowest BCUT2D eigenvalue weighted by Crippen LogP contribution is -2.50. The Hall–Kier alpha value is -3.84. The number of ether oxygens (including phenoxy) is 1. The third-order valence-electron chi connectivity index (χ3n) is 6.40. The number of nitrogens with zero attached hydrogens (tertiary/aromatic N) is 2. The maximum absolute atomic E-state index is 13.2. The van der Waals surface area contributed by atoms with E-state index in [4.69, 9.17) is 4.74 Å². The number of carbonyl (C=O) groups is 2. The summed E-state index contributed by atoms with van der Waals surface area (Å²) >= 11 is 0. The number of urea groups is 1. The summed E-state index contributed by atoms with van der Waals surface area (Å²) < 4.78 is 7.70. The summed E-state index contributed by atoms with van der Waals surface area (Å²) in [5.41, 5.74) is 4.22. The molecule has 0 saturated carbocycles. The van der Waals surface area contributed by atoms with Crippen LogP contribution < -0.4 is 10.6 Å². The largest absolute Gasteiger partial charge is 0.463 e. The molecule has 2 unspecified atom stereocenters. The molecule has 0 saturated heterocycles. The van der Waals surface area contributed by atoms with Crippen LogP contribution in [-0.4, -0.2) is 41.2 Å².